The van der Waals surface area contributed by atoms with E-state index in [9.17, 15) is 0 Å². The van der Waals surface area contributed by atoms with Gasteiger partial charge in [-0.05, 0) is 37.0 Å². The van der Waals surface area contributed by atoms with Crippen molar-refractivity contribution in [2.45, 2.75) is 25.8 Å². The Morgan fingerprint density at radius 1 is 1.44 bits per heavy atom. The Morgan fingerprint density at radius 3 is 2.94 bits per heavy atom. The van der Waals surface area contributed by atoms with Crippen molar-refractivity contribution >= 4 is 22.6 Å². The summed E-state index contributed by atoms with van der Waals surface area (Å²) in [6, 6.07) is 7.87. The van der Waals surface area contributed by atoms with Gasteiger partial charge in [0.25, 0.3) is 0 Å². The lowest BCUT2D eigenvalue weighted by Crippen LogP contribution is -2.06. The Morgan fingerprint density at radius 2 is 2.28 bits per heavy atom. The summed E-state index contributed by atoms with van der Waals surface area (Å²) in [5.74, 6) is 2.41. The van der Waals surface area contributed by atoms with Crippen molar-refractivity contribution in [1.29, 1.82) is 5.26 Å². The largest absolute Gasteiger partial charge is 0.328 e. The zero-order valence-electron chi connectivity index (χ0n) is 10.1. The molecule has 0 saturated heterocycles. The molecule has 1 saturated carbocycles. The average Bonchev–Trinajstić information content (AvgIpc) is 3.14. The number of fused-ring (bicyclic) bond motifs is 1. The quantitative estimate of drug-likeness (QED) is 0.792. The zero-order valence-corrected chi connectivity index (χ0v) is 10.8. The maximum absolute atomic E-state index is 8.99. The van der Waals surface area contributed by atoms with Crippen molar-refractivity contribution in [3.63, 3.8) is 0 Å². The molecular weight excluding hydrogens is 246 g/mol. The van der Waals surface area contributed by atoms with E-state index in [1.165, 1.54) is 12.8 Å². The maximum atomic E-state index is 8.99. The number of aryl methyl sites for hydroxylation is 1. The van der Waals surface area contributed by atoms with Crippen LogP contribution in [0.1, 0.15) is 24.2 Å². The van der Waals surface area contributed by atoms with E-state index in [2.05, 4.69) is 15.6 Å². The average molecular weight is 260 g/mol. The molecule has 4 heteroatoms. The number of nitrogens with zero attached hydrogens (tertiary/aromatic N) is 3. The number of rotatable bonds is 4. The molecule has 0 atom stereocenters. The van der Waals surface area contributed by atoms with Crippen molar-refractivity contribution in [1.82, 2.24) is 9.55 Å². The highest BCUT2D eigenvalue weighted by Gasteiger charge is 2.24. The van der Waals surface area contributed by atoms with E-state index in [0.717, 1.165) is 35.7 Å². The molecule has 0 aliphatic heterocycles. The lowest BCUT2D eigenvalue weighted by atomic mass is 10.2. The first kappa shape index (κ1) is 11.6. The predicted molar refractivity (Wildman–Crippen MR) is 71.6 cm³/mol. The van der Waals surface area contributed by atoms with Crippen LogP contribution in [0.5, 0.6) is 0 Å². The van der Waals surface area contributed by atoms with E-state index in [0.29, 0.717) is 11.4 Å². The minimum atomic E-state index is 0.582. The van der Waals surface area contributed by atoms with Gasteiger partial charge in [-0.1, -0.05) is 0 Å². The third kappa shape index (κ3) is 2.09. The summed E-state index contributed by atoms with van der Waals surface area (Å²) in [6.45, 7) is 1.01. The van der Waals surface area contributed by atoms with Gasteiger partial charge in [-0.25, -0.2) is 4.98 Å². The van der Waals surface area contributed by atoms with Crippen LogP contribution in [0.25, 0.3) is 11.0 Å². The molecule has 3 nitrogen and oxygen atoms in total. The van der Waals surface area contributed by atoms with E-state index in [-0.39, 0.29) is 0 Å². The summed E-state index contributed by atoms with van der Waals surface area (Å²) >= 11 is 5.84. The van der Waals surface area contributed by atoms with Crippen molar-refractivity contribution < 1.29 is 0 Å². The van der Waals surface area contributed by atoms with Crippen molar-refractivity contribution in [3.05, 3.63) is 29.6 Å². The normalized spacial score (nSPS) is 14.9. The smallest absolute Gasteiger partial charge is 0.111 e. The zero-order chi connectivity index (χ0) is 12.5. The monoisotopic (exact) mass is 259 g/mol. The Hall–Kier alpha value is -1.53. The van der Waals surface area contributed by atoms with Gasteiger partial charge < -0.3 is 4.57 Å². The van der Waals surface area contributed by atoms with Gasteiger partial charge in [-0.15, -0.1) is 11.6 Å². The van der Waals surface area contributed by atoms with E-state index >= 15 is 0 Å². The van der Waals surface area contributed by atoms with Crippen molar-refractivity contribution in [2.75, 3.05) is 5.88 Å². The van der Waals surface area contributed by atoms with Gasteiger partial charge in [0.15, 0.2) is 0 Å². The van der Waals surface area contributed by atoms with E-state index < -0.39 is 0 Å². The summed E-state index contributed by atoms with van der Waals surface area (Å²) < 4.78 is 2.25. The minimum absolute atomic E-state index is 0.582. The lowest BCUT2D eigenvalue weighted by Gasteiger charge is -2.07. The second kappa shape index (κ2) is 4.62. The highest BCUT2D eigenvalue weighted by molar-refractivity contribution is 6.17. The third-order valence-corrected chi connectivity index (χ3v) is 3.60. The number of alkyl halides is 1. The van der Waals surface area contributed by atoms with Crippen LogP contribution in [0, 0.1) is 17.2 Å². The summed E-state index contributed by atoms with van der Waals surface area (Å²) in [7, 11) is 0. The second-order valence-electron chi connectivity index (χ2n) is 4.84. The fraction of sp³-hybridized carbons (Fsp3) is 0.429. The number of hydrogen-bond acceptors (Lipinski definition) is 2. The van der Waals surface area contributed by atoms with Gasteiger partial charge >= 0.3 is 0 Å². The standard InChI is InChI=1S/C14H14ClN3/c15-6-5-14-17-12-4-3-11(8-16)7-13(12)18(14)9-10-1-2-10/h3-4,7,10H,1-2,5-6,9H2. The van der Waals surface area contributed by atoms with Crippen LogP contribution in [0.4, 0.5) is 0 Å². The number of imidazole rings is 1. The maximum Gasteiger partial charge on any atom is 0.111 e. The summed E-state index contributed by atoms with van der Waals surface area (Å²) in [6.07, 6.45) is 3.39. The highest BCUT2D eigenvalue weighted by atomic mass is 35.5. The van der Waals surface area contributed by atoms with Crippen LogP contribution in [0.2, 0.25) is 0 Å². The molecule has 0 radical (unpaired) electrons. The predicted octanol–water partition coefficient (Wildman–Crippen LogP) is 3.10. The first-order valence-corrected chi connectivity index (χ1v) is 6.80. The number of hydrogen-bond donors (Lipinski definition) is 0. The minimum Gasteiger partial charge on any atom is -0.328 e. The molecule has 1 aliphatic rings. The molecule has 0 bridgehead atoms. The number of halogens is 1. The SMILES string of the molecule is N#Cc1ccc2nc(CCCl)n(CC3CC3)c2c1. The van der Waals surface area contributed by atoms with Crippen LogP contribution in [-0.4, -0.2) is 15.4 Å². The first-order chi connectivity index (χ1) is 8.81. The van der Waals surface area contributed by atoms with Crippen LogP contribution in [-0.2, 0) is 13.0 Å². The Kier molecular flexibility index (Phi) is 2.97. The van der Waals surface area contributed by atoms with Crippen LogP contribution < -0.4 is 0 Å². The van der Waals surface area contributed by atoms with Gasteiger partial charge in [-0.2, -0.15) is 5.26 Å². The molecular formula is C14H14ClN3. The molecule has 1 fully saturated rings. The molecule has 3 rings (SSSR count). The molecule has 1 aromatic carbocycles. The summed E-state index contributed by atoms with van der Waals surface area (Å²) in [5, 5.41) is 8.99. The van der Waals surface area contributed by atoms with Crippen LogP contribution in [0.15, 0.2) is 18.2 Å². The lowest BCUT2D eigenvalue weighted by molar-refractivity contribution is 0.615. The summed E-state index contributed by atoms with van der Waals surface area (Å²) in [4.78, 5) is 4.63. The molecule has 1 aliphatic carbocycles. The molecule has 1 heterocycles. The molecule has 2 aromatic rings. The highest BCUT2D eigenvalue weighted by Crippen LogP contribution is 2.32. The van der Waals surface area contributed by atoms with E-state index in [4.69, 9.17) is 16.9 Å². The molecule has 0 spiro atoms. The Balaban J connectivity index is 2.11. The molecule has 18 heavy (non-hydrogen) atoms. The molecule has 0 N–H and O–H groups in total. The summed E-state index contributed by atoms with van der Waals surface area (Å²) in [5.41, 5.74) is 2.73. The van der Waals surface area contributed by atoms with Crippen molar-refractivity contribution in [2.24, 2.45) is 5.92 Å². The number of nitriles is 1. The second-order valence-corrected chi connectivity index (χ2v) is 5.21. The fourth-order valence-electron chi connectivity index (χ4n) is 2.28. The third-order valence-electron chi connectivity index (χ3n) is 3.41. The molecule has 0 amide bonds. The number of aromatic nitrogens is 2. The topological polar surface area (TPSA) is 41.6 Å². The van der Waals surface area contributed by atoms with E-state index in [1.807, 2.05) is 18.2 Å². The van der Waals surface area contributed by atoms with Gasteiger partial charge in [-0.3, -0.25) is 0 Å². The first-order valence-electron chi connectivity index (χ1n) is 6.27. The molecule has 0 unspecified atom stereocenters. The molecule has 1 aromatic heterocycles. The van der Waals surface area contributed by atoms with Gasteiger partial charge in [0.2, 0.25) is 0 Å². The van der Waals surface area contributed by atoms with Crippen LogP contribution in [0.3, 0.4) is 0 Å². The fourth-order valence-corrected chi connectivity index (χ4v) is 2.45. The van der Waals surface area contributed by atoms with Gasteiger partial charge in [0, 0.05) is 18.8 Å². The number of benzene rings is 1. The van der Waals surface area contributed by atoms with Crippen molar-refractivity contribution in [3.8, 4) is 6.07 Å². The van der Waals surface area contributed by atoms with E-state index in [1.54, 1.807) is 0 Å². The van der Waals surface area contributed by atoms with Crippen LogP contribution >= 0.6 is 11.6 Å². The Bertz CT molecular complexity index is 620. The van der Waals surface area contributed by atoms with Gasteiger partial charge in [0.1, 0.15) is 5.82 Å². The Labute approximate surface area is 111 Å². The molecule has 92 valence electrons. The van der Waals surface area contributed by atoms with Gasteiger partial charge in [0.05, 0.1) is 22.7 Å².